The average Bonchev–Trinajstić information content (AvgIpc) is 3.83. The van der Waals surface area contributed by atoms with E-state index in [1.54, 1.807) is 17.0 Å². The fraction of sp³-hybridized carbons (Fsp3) is 0.490. The van der Waals surface area contributed by atoms with Gasteiger partial charge in [-0.2, -0.15) is 9.57 Å². The van der Waals surface area contributed by atoms with Crippen molar-refractivity contribution in [2.24, 2.45) is 5.92 Å². The molecule has 3 aromatic carbocycles. The molecule has 1 aliphatic carbocycles. The summed E-state index contributed by atoms with van der Waals surface area (Å²) in [7, 11) is -3.83. The Balaban J connectivity index is 0.000000241. The standard InChI is InChI=1S/C30H34N4O4S2.C19H28N2O4/c31-20-23-11-4-6-14-28(23)40(37,38)34-16-7-12-24(15-17-34)32-29(35)25(18-21-8-1-2-9-21)33-30(36)27-19-22-10-3-5-13-26(22)39-27;1-19(2,3)25-18(23)21-12-7-10-16(11-13-21)20-17(22)24-14-15-8-5-4-6-9-15/h3-6,10-11,13-14,19,21,24-25H,1-2,7-9,12,15-18H2,(H,32,35)(H,33,36);4-6,8-9,16H,7,10-14H2,1-3H3,(H,20,22)/t24?,25-;/m0./s1. The number of hydrogen-bond acceptors (Lipinski definition) is 10. The number of likely N-dealkylation sites (tertiary alicyclic amines) is 1. The minimum atomic E-state index is -3.83. The lowest BCUT2D eigenvalue weighted by Gasteiger charge is -2.26. The van der Waals surface area contributed by atoms with Crippen molar-refractivity contribution in [1.29, 1.82) is 5.26 Å². The van der Waals surface area contributed by atoms with Gasteiger partial charge in [-0.3, -0.25) is 9.59 Å². The highest BCUT2D eigenvalue weighted by Crippen LogP contribution is 2.30. The van der Waals surface area contributed by atoms with E-state index in [-0.39, 0.29) is 53.6 Å². The van der Waals surface area contributed by atoms with E-state index in [0.29, 0.717) is 62.5 Å². The van der Waals surface area contributed by atoms with Crippen molar-refractivity contribution < 1.29 is 37.1 Å². The molecule has 3 N–H and O–H groups in total. The van der Waals surface area contributed by atoms with Crippen LogP contribution in [0.4, 0.5) is 9.59 Å². The number of amides is 4. The predicted molar refractivity (Wildman–Crippen MR) is 251 cm³/mol. The monoisotopic (exact) mass is 926 g/mol. The van der Waals surface area contributed by atoms with E-state index in [1.165, 1.54) is 27.8 Å². The molecule has 3 heterocycles. The number of nitriles is 1. The van der Waals surface area contributed by atoms with Crippen molar-refractivity contribution in [2.75, 3.05) is 26.2 Å². The highest BCUT2D eigenvalue weighted by atomic mass is 32.2. The predicted octanol–water partition coefficient (Wildman–Crippen LogP) is 8.51. The van der Waals surface area contributed by atoms with Gasteiger partial charge in [0.15, 0.2) is 0 Å². The molecule has 16 heteroatoms. The summed E-state index contributed by atoms with van der Waals surface area (Å²) in [6.45, 7) is 7.60. The summed E-state index contributed by atoms with van der Waals surface area (Å²) < 4.78 is 39.7. The zero-order chi connectivity index (χ0) is 46.4. The molecule has 2 saturated heterocycles. The van der Waals surface area contributed by atoms with Crippen LogP contribution in [0.2, 0.25) is 0 Å². The largest absolute Gasteiger partial charge is 0.445 e. The lowest BCUT2D eigenvalue weighted by Crippen LogP contribution is -2.50. The Morgan fingerprint density at radius 1 is 0.800 bits per heavy atom. The fourth-order valence-corrected chi connectivity index (χ4v) is 11.1. The molecule has 0 radical (unpaired) electrons. The molecule has 0 spiro atoms. The van der Waals surface area contributed by atoms with E-state index in [9.17, 15) is 32.9 Å². The zero-order valence-electron chi connectivity index (χ0n) is 37.6. The zero-order valence-corrected chi connectivity index (χ0v) is 39.3. The minimum absolute atomic E-state index is 0.00992. The van der Waals surface area contributed by atoms with Crippen molar-refractivity contribution >= 4 is 55.4 Å². The number of sulfonamides is 1. The van der Waals surface area contributed by atoms with E-state index in [1.807, 2.05) is 87.5 Å². The van der Waals surface area contributed by atoms with E-state index in [4.69, 9.17) is 9.47 Å². The Morgan fingerprint density at radius 3 is 2.18 bits per heavy atom. The van der Waals surface area contributed by atoms with Crippen molar-refractivity contribution in [3.05, 3.63) is 101 Å². The summed E-state index contributed by atoms with van der Waals surface area (Å²) in [5.74, 6) is -0.0560. The van der Waals surface area contributed by atoms with Gasteiger partial charge in [0.1, 0.15) is 24.3 Å². The molecule has 65 heavy (non-hydrogen) atoms. The lowest BCUT2D eigenvalue weighted by molar-refractivity contribution is -0.124. The summed E-state index contributed by atoms with van der Waals surface area (Å²) in [5.41, 5.74) is 0.581. The van der Waals surface area contributed by atoms with E-state index >= 15 is 0 Å². The van der Waals surface area contributed by atoms with Crippen LogP contribution < -0.4 is 16.0 Å². The highest BCUT2D eigenvalue weighted by molar-refractivity contribution is 7.89. The number of rotatable bonds is 11. The Kier molecular flexibility index (Phi) is 17.4. The molecule has 348 valence electrons. The molecule has 4 aromatic rings. The minimum Gasteiger partial charge on any atom is -0.445 e. The van der Waals surface area contributed by atoms with Crippen LogP contribution in [0.5, 0.6) is 0 Å². The SMILES string of the molecule is CC(C)(C)OC(=O)N1CCCC(NC(=O)OCc2ccccc2)CC1.N#Cc1ccccc1S(=O)(=O)N1CCCC(NC(=O)[C@H](CC2CCCC2)NC(=O)c2cc3ccccc3s2)CC1. The Bertz CT molecular complexity index is 2360. The van der Waals surface area contributed by atoms with Gasteiger partial charge in [0.2, 0.25) is 15.9 Å². The number of fused-ring (bicyclic) bond motifs is 1. The molecule has 0 bridgehead atoms. The van der Waals surface area contributed by atoms with Crippen LogP contribution in [-0.4, -0.2) is 91.5 Å². The Labute approximate surface area is 387 Å². The second-order valence-electron chi connectivity index (χ2n) is 18.0. The number of hydrogen-bond donors (Lipinski definition) is 3. The molecule has 3 aliphatic rings. The third kappa shape index (κ3) is 14.5. The van der Waals surface area contributed by atoms with Crippen molar-refractivity contribution in [2.45, 2.75) is 127 Å². The third-order valence-electron chi connectivity index (χ3n) is 11.9. The molecular weight excluding hydrogens is 865 g/mol. The lowest BCUT2D eigenvalue weighted by atomic mass is 9.97. The number of ether oxygens (including phenoxy) is 2. The number of alkyl carbamates (subject to hydrolysis) is 1. The van der Waals surface area contributed by atoms with Gasteiger partial charge in [-0.15, -0.1) is 11.3 Å². The van der Waals surface area contributed by atoms with E-state index in [2.05, 4.69) is 16.0 Å². The molecule has 4 amide bonds. The fourth-order valence-electron chi connectivity index (χ4n) is 8.49. The second kappa shape index (κ2) is 23.1. The Morgan fingerprint density at radius 2 is 1.46 bits per heavy atom. The first-order valence-corrected chi connectivity index (χ1v) is 25.0. The third-order valence-corrected chi connectivity index (χ3v) is 15.0. The van der Waals surface area contributed by atoms with Crippen LogP contribution in [0.3, 0.4) is 0 Å². The van der Waals surface area contributed by atoms with Gasteiger partial charge < -0.3 is 30.3 Å². The van der Waals surface area contributed by atoms with Gasteiger partial charge in [0.05, 0.1) is 15.3 Å². The average molecular weight is 927 g/mol. The molecule has 1 saturated carbocycles. The summed E-state index contributed by atoms with van der Waals surface area (Å²) in [5, 5.41) is 19.4. The quantitative estimate of drug-likeness (QED) is 0.133. The molecule has 1 aromatic heterocycles. The number of carbonyl (C=O) groups excluding carboxylic acids is 4. The maximum atomic E-state index is 13.5. The molecule has 2 aliphatic heterocycles. The second-order valence-corrected chi connectivity index (χ2v) is 21.0. The van der Waals surface area contributed by atoms with Crippen molar-refractivity contribution in [3.8, 4) is 6.07 Å². The summed E-state index contributed by atoms with van der Waals surface area (Å²) in [6, 6.07) is 26.6. The van der Waals surface area contributed by atoms with Crippen LogP contribution in [-0.2, 0) is 30.9 Å². The first-order chi connectivity index (χ1) is 31.2. The van der Waals surface area contributed by atoms with E-state index < -0.39 is 27.8 Å². The number of nitrogens with zero attached hydrogens (tertiary/aromatic N) is 3. The van der Waals surface area contributed by atoms with Gasteiger partial charge in [-0.1, -0.05) is 86.3 Å². The van der Waals surface area contributed by atoms with Gasteiger partial charge in [-0.05, 0) is 107 Å². The molecule has 3 atom stereocenters. The molecule has 14 nitrogen and oxygen atoms in total. The van der Waals surface area contributed by atoms with E-state index in [0.717, 1.165) is 54.2 Å². The number of benzene rings is 3. The molecule has 2 unspecified atom stereocenters. The van der Waals surface area contributed by atoms with Crippen molar-refractivity contribution in [3.63, 3.8) is 0 Å². The topological polar surface area (TPSA) is 187 Å². The maximum absolute atomic E-state index is 13.5. The Hall–Kier alpha value is -5.50. The normalized spacial score (nSPS) is 19.0. The summed E-state index contributed by atoms with van der Waals surface area (Å²) in [4.78, 5) is 53.2. The molecule has 7 rings (SSSR count). The van der Waals surface area contributed by atoms with Gasteiger partial charge in [0, 0.05) is 43.0 Å². The highest BCUT2D eigenvalue weighted by Gasteiger charge is 2.33. The van der Waals surface area contributed by atoms with Crippen molar-refractivity contribution in [1.82, 2.24) is 25.2 Å². The first-order valence-electron chi connectivity index (χ1n) is 22.7. The van der Waals surface area contributed by atoms with Gasteiger partial charge in [0.25, 0.3) is 5.91 Å². The summed E-state index contributed by atoms with van der Waals surface area (Å²) in [6.07, 6.45) is 8.31. The summed E-state index contributed by atoms with van der Waals surface area (Å²) >= 11 is 1.42. The van der Waals surface area contributed by atoms with Crippen LogP contribution in [0.25, 0.3) is 10.1 Å². The number of nitrogens with one attached hydrogen (secondary N) is 3. The van der Waals surface area contributed by atoms with Crippen LogP contribution in [0.1, 0.15) is 112 Å². The molecular formula is C49H62N6O8S2. The van der Waals surface area contributed by atoms with Gasteiger partial charge >= 0.3 is 12.2 Å². The number of thiophene rings is 1. The first kappa shape index (κ1) is 48.9. The number of carbonyl (C=O) groups is 4. The van der Waals surface area contributed by atoms with Crippen LogP contribution in [0.15, 0.2) is 89.8 Å². The molecule has 3 fully saturated rings. The van der Waals surface area contributed by atoms with Gasteiger partial charge in [-0.25, -0.2) is 18.0 Å². The van der Waals surface area contributed by atoms with Crippen LogP contribution >= 0.6 is 11.3 Å². The van der Waals surface area contributed by atoms with Crippen LogP contribution in [0, 0.1) is 17.2 Å². The smallest absolute Gasteiger partial charge is 0.410 e. The maximum Gasteiger partial charge on any atom is 0.410 e.